The average molecular weight is 341 g/mol. The third kappa shape index (κ3) is 3.67. The maximum absolute atomic E-state index is 13.6. The fraction of sp³-hybridized carbons (Fsp3) is 0.375. The Balaban J connectivity index is 2.15. The molecule has 0 saturated carbocycles. The Morgan fingerprint density at radius 2 is 1.84 bits per heavy atom. The zero-order valence-electron chi connectivity index (χ0n) is 11.4. The monoisotopic (exact) mass is 340 g/mol. The fourth-order valence-electron chi connectivity index (χ4n) is 1.88. The van der Waals surface area contributed by atoms with Crippen LogP contribution in [-0.2, 0) is 11.8 Å². The number of rotatable bonds is 3. The van der Waals surface area contributed by atoms with Crippen LogP contribution in [0.15, 0.2) is 36.4 Å². The molecule has 102 valence electrons. The topological polar surface area (TPSA) is 0 Å². The van der Waals surface area contributed by atoms with Crippen LogP contribution in [0.5, 0.6) is 0 Å². The molecule has 19 heavy (non-hydrogen) atoms. The predicted molar refractivity (Wildman–Crippen MR) is 84.8 cm³/mol. The van der Waals surface area contributed by atoms with Crippen molar-refractivity contribution >= 4 is 27.3 Å². The van der Waals surface area contributed by atoms with Crippen LogP contribution in [0.2, 0.25) is 0 Å². The molecule has 0 fully saturated rings. The van der Waals surface area contributed by atoms with Crippen LogP contribution >= 0.6 is 27.3 Å². The number of thiophene rings is 1. The van der Waals surface area contributed by atoms with E-state index in [9.17, 15) is 4.39 Å². The van der Waals surface area contributed by atoms with Gasteiger partial charge in [0.25, 0.3) is 0 Å². The van der Waals surface area contributed by atoms with Crippen molar-refractivity contribution in [2.75, 3.05) is 0 Å². The Hall–Kier alpha value is -0.670. The zero-order chi connectivity index (χ0) is 14.0. The van der Waals surface area contributed by atoms with Gasteiger partial charge in [0.1, 0.15) is 5.82 Å². The van der Waals surface area contributed by atoms with Crippen molar-refractivity contribution in [1.29, 1.82) is 0 Å². The molecule has 0 nitrogen and oxygen atoms in total. The van der Waals surface area contributed by atoms with Gasteiger partial charge in [-0.05, 0) is 35.6 Å². The molecule has 0 radical (unpaired) electrons. The van der Waals surface area contributed by atoms with Crippen LogP contribution in [0.4, 0.5) is 4.39 Å². The largest absolute Gasteiger partial charge is 0.207 e. The van der Waals surface area contributed by atoms with Crippen LogP contribution in [0, 0.1) is 5.82 Å². The lowest BCUT2D eigenvalue weighted by Crippen LogP contribution is -2.07. The molecule has 2 rings (SSSR count). The smallest absolute Gasteiger partial charge is 0.126 e. The molecule has 1 unspecified atom stereocenters. The summed E-state index contributed by atoms with van der Waals surface area (Å²) < 4.78 is 13.6. The van der Waals surface area contributed by atoms with Crippen LogP contribution in [0.25, 0.3) is 0 Å². The Morgan fingerprint density at radius 1 is 1.16 bits per heavy atom. The lowest BCUT2D eigenvalue weighted by molar-refractivity contribution is 0.604. The van der Waals surface area contributed by atoms with Gasteiger partial charge in [-0.3, -0.25) is 0 Å². The van der Waals surface area contributed by atoms with Gasteiger partial charge in [-0.15, -0.1) is 11.3 Å². The van der Waals surface area contributed by atoms with Crippen molar-refractivity contribution in [1.82, 2.24) is 0 Å². The summed E-state index contributed by atoms with van der Waals surface area (Å²) in [4.78, 5) is 2.79. The summed E-state index contributed by atoms with van der Waals surface area (Å²) in [6.07, 6.45) is 0.677. The summed E-state index contributed by atoms with van der Waals surface area (Å²) in [6.45, 7) is 6.63. The van der Waals surface area contributed by atoms with Crippen molar-refractivity contribution in [3.63, 3.8) is 0 Å². The van der Waals surface area contributed by atoms with E-state index in [1.54, 1.807) is 17.4 Å². The van der Waals surface area contributed by atoms with Gasteiger partial charge in [0.05, 0.1) is 4.83 Å². The molecule has 2 aromatic rings. The quantitative estimate of drug-likeness (QED) is 0.613. The Morgan fingerprint density at radius 3 is 2.42 bits per heavy atom. The van der Waals surface area contributed by atoms with Gasteiger partial charge in [0, 0.05) is 9.75 Å². The Bertz CT molecular complexity index is 554. The van der Waals surface area contributed by atoms with Crippen molar-refractivity contribution in [2.45, 2.75) is 37.4 Å². The standard InChI is InChI=1S/C16H18BrFS/c1-16(2,3)15-9-8-14(19-15)12(17)10-11-6-4-5-7-13(11)18/h4-9,12H,10H2,1-3H3. The minimum atomic E-state index is -0.125. The van der Waals surface area contributed by atoms with Crippen molar-refractivity contribution < 1.29 is 4.39 Å². The van der Waals surface area contributed by atoms with Crippen LogP contribution in [0.3, 0.4) is 0 Å². The van der Waals surface area contributed by atoms with Gasteiger partial charge >= 0.3 is 0 Å². The highest BCUT2D eigenvalue weighted by Gasteiger charge is 2.19. The second kappa shape index (κ2) is 5.76. The molecule has 1 aromatic carbocycles. The highest BCUT2D eigenvalue weighted by atomic mass is 79.9. The second-order valence-electron chi connectivity index (χ2n) is 5.72. The summed E-state index contributed by atoms with van der Waals surface area (Å²) in [5, 5.41) is 0. The molecule has 1 atom stereocenters. The summed E-state index contributed by atoms with van der Waals surface area (Å²) in [5.41, 5.74) is 0.934. The Kier molecular flexibility index (Phi) is 4.46. The number of alkyl halides is 1. The second-order valence-corrected chi connectivity index (χ2v) is 7.94. The SMILES string of the molecule is CC(C)(C)c1ccc(C(Br)Cc2ccccc2F)s1. The lowest BCUT2D eigenvalue weighted by Gasteiger charge is -2.15. The van der Waals surface area contributed by atoms with Gasteiger partial charge in [-0.25, -0.2) is 4.39 Å². The summed E-state index contributed by atoms with van der Waals surface area (Å²) in [7, 11) is 0. The fourth-order valence-corrected chi connectivity index (χ4v) is 3.71. The number of hydrogen-bond acceptors (Lipinski definition) is 1. The third-order valence-electron chi connectivity index (χ3n) is 3.03. The molecule has 0 aliphatic carbocycles. The summed E-state index contributed by atoms with van der Waals surface area (Å²) in [5.74, 6) is -0.125. The molecule has 0 amide bonds. The van der Waals surface area contributed by atoms with Gasteiger partial charge in [0.2, 0.25) is 0 Å². The van der Waals surface area contributed by atoms with Gasteiger partial charge in [-0.2, -0.15) is 0 Å². The summed E-state index contributed by atoms with van der Waals surface area (Å²) >= 11 is 5.48. The van der Waals surface area contributed by atoms with E-state index in [0.717, 1.165) is 5.56 Å². The van der Waals surface area contributed by atoms with Crippen molar-refractivity contribution in [2.24, 2.45) is 0 Å². The molecule has 1 aromatic heterocycles. The average Bonchev–Trinajstić information content (AvgIpc) is 2.81. The van der Waals surface area contributed by atoms with E-state index in [1.807, 2.05) is 12.1 Å². The molecule has 0 aliphatic rings. The van der Waals surface area contributed by atoms with Crippen LogP contribution in [-0.4, -0.2) is 0 Å². The minimum absolute atomic E-state index is 0.125. The maximum atomic E-state index is 13.6. The first-order valence-corrected chi connectivity index (χ1v) is 8.09. The van der Waals surface area contributed by atoms with Gasteiger partial charge in [0.15, 0.2) is 0 Å². The maximum Gasteiger partial charge on any atom is 0.126 e. The zero-order valence-corrected chi connectivity index (χ0v) is 13.8. The molecule has 0 aliphatic heterocycles. The molecular formula is C16H18BrFS. The third-order valence-corrected chi connectivity index (χ3v) is 5.78. The predicted octanol–water partition coefficient (Wildman–Crippen LogP) is 5.86. The lowest BCUT2D eigenvalue weighted by atomic mass is 9.95. The van der Waals surface area contributed by atoms with Gasteiger partial charge < -0.3 is 0 Å². The van der Waals surface area contributed by atoms with E-state index in [-0.39, 0.29) is 16.1 Å². The van der Waals surface area contributed by atoms with E-state index in [2.05, 4.69) is 48.8 Å². The van der Waals surface area contributed by atoms with Crippen LogP contribution < -0.4 is 0 Å². The van der Waals surface area contributed by atoms with E-state index < -0.39 is 0 Å². The molecule has 0 spiro atoms. The van der Waals surface area contributed by atoms with Crippen molar-refractivity contribution in [3.8, 4) is 0 Å². The highest BCUT2D eigenvalue weighted by Crippen LogP contribution is 2.37. The number of benzene rings is 1. The molecule has 0 saturated heterocycles. The number of halogens is 2. The van der Waals surface area contributed by atoms with Gasteiger partial charge in [-0.1, -0.05) is 54.9 Å². The molecule has 0 bridgehead atoms. The molecule has 0 N–H and O–H groups in total. The normalized spacial score (nSPS) is 13.5. The van der Waals surface area contributed by atoms with Crippen molar-refractivity contribution in [3.05, 3.63) is 57.5 Å². The summed E-state index contributed by atoms with van der Waals surface area (Å²) in [6, 6.07) is 11.3. The molecule has 1 heterocycles. The van der Waals surface area contributed by atoms with E-state index in [1.165, 1.54) is 15.8 Å². The first kappa shape index (κ1) is 14.7. The molecular weight excluding hydrogens is 323 g/mol. The highest BCUT2D eigenvalue weighted by molar-refractivity contribution is 9.09. The van der Waals surface area contributed by atoms with Crippen LogP contribution in [0.1, 0.15) is 40.9 Å². The molecule has 3 heteroatoms. The Labute approximate surface area is 126 Å². The van der Waals surface area contributed by atoms with E-state index >= 15 is 0 Å². The first-order valence-electron chi connectivity index (χ1n) is 6.35. The van der Waals surface area contributed by atoms with E-state index in [0.29, 0.717) is 6.42 Å². The first-order chi connectivity index (χ1) is 8.88. The van der Waals surface area contributed by atoms with E-state index in [4.69, 9.17) is 0 Å². The minimum Gasteiger partial charge on any atom is -0.207 e. The number of hydrogen-bond donors (Lipinski definition) is 0.